The van der Waals surface area contributed by atoms with Crippen LogP contribution >= 0.6 is 0 Å². The Kier molecular flexibility index (Phi) is 3.81. The highest BCUT2D eigenvalue weighted by Gasteiger charge is 2.23. The third kappa shape index (κ3) is 2.47. The van der Waals surface area contributed by atoms with Crippen molar-refractivity contribution in [3.8, 4) is 0 Å². The quantitative estimate of drug-likeness (QED) is 0.895. The second kappa shape index (κ2) is 5.73. The van der Waals surface area contributed by atoms with Crippen LogP contribution in [0.15, 0.2) is 42.6 Å². The largest absolute Gasteiger partial charge is 0.388 e. The van der Waals surface area contributed by atoms with Gasteiger partial charge in [0.2, 0.25) is 0 Å². The van der Waals surface area contributed by atoms with Crippen LogP contribution in [-0.2, 0) is 12.8 Å². The summed E-state index contributed by atoms with van der Waals surface area (Å²) in [6.45, 7) is 0.384. The first kappa shape index (κ1) is 13.3. The van der Waals surface area contributed by atoms with Gasteiger partial charge in [0, 0.05) is 24.4 Å². The highest BCUT2D eigenvalue weighted by atomic mass is 16.3. The summed E-state index contributed by atoms with van der Waals surface area (Å²) in [5.74, 6) is -0.157. The maximum Gasteiger partial charge on any atom is 0.0885 e. The second-order valence-electron chi connectivity index (χ2n) is 5.42. The van der Waals surface area contributed by atoms with Crippen LogP contribution in [0, 0.1) is 0 Å². The first-order valence-corrected chi connectivity index (χ1v) is 7.20. The van der Waals surface area contributed by atoms with Gasteiger partial charge in [0.25, 0.3) is 0 Å². The van der Waals surface area contributed by atoms with Crippen LogP contribution in [0.25, 0.3) is 0 Å². The maximum atomic E-state index is 10.6. The second-order valence-corrected chi connectivity index (χ2v) is 5.42. The molecule has 2 aromatic rings. The van der Waals surface area contributed by atoms with Crippen LogP contribution in [0.5, 0.6) is 0 Å². The van der Waals surface area contributed by atoms with E-state index in [1.807, 2.05) is 24.3 Å². The van der Waals surface area contributed by atoms with Gasteiger partial charge in [-0.05, 0) is 48.1 Å². The Morgan fingerprint density at radius 2 is 2.00 bits per heavy atom. The molecule has 0 saturated heterocycles. The van der Waals surface area contributed by atoms with Gasteiger partial charge in [-0.3, -0.25) is 4.98 Å². The highest BCUT2D eigenvalue weighted by molar-refractivity contribution is 5.37. The van der Waals surface area contributed by atoms with Gasteiger partial charge in [-0.15, -0.1) is 0 Å². The Balaban J connectivity index is 1.89. The average molecular weight is 268 g/mol. The van der Waals surface area contributed by atoms with Crippen molar-refractivity contribution in [1.82, 2.24) is 4.98 Å². The lowest BCUT2D eigenvalue weighted by atomic mass is 9.91. The first-order chi connectivity index (χ1) is 9.79. The molecule has 0 amide bonds. The molecule has 1 heterocycles. The van der Waals surface area contributed by atoms with Gasteiger partial charge in [0.15, 0.2) is 0 Å². The van der Waals surface area contributed by atoms with Crippen molar-refractivity contribution in [3.63, 3.8) is 0 Å². The number of hydrogen-bond acceptors (Lipinski definition) is 3. The molecule has 0 aliphatic heterocycles. The number of benzene rings is 1. The van der Waals surface area contributed by atoms with Crippen LogP contribution in [0.1, 0.15) is 40.8 Å². The molecule has 1 aliphatic carbocycles. The summed E-state index contributed by atoms with van der Waals surface area (Å²) in [4.78, 5) is 4.33. The fourth-order valence-electron chi connectivity index (χ4n) is 3.01. The molecule has 2 unspecified atom stereocenters. The molecule has 0 radical (unpaired) electrons. The molecule has 0 spiro atoms. The highest BCUT2D eigenvalue weighted by Crippen LogP contribution is 2.32. The monoisotopic (exact) mass is 268 g/mol. The van der Waals surface area contributed by atoms with Gasteiger partial charge < -0.3 is 10.8 Å². The van der Waals surface area contributed by atoms with E-state index in [0.717, 1.165) is 24.1 Å². The van der Waals surface area contributed by atoms with Crippen LogP contribution in [0.4, 0.5) is 0 Å². The fraction of sp³-hybridized carbons (Fsp3) is 0.353. The molecule has 1 aromatic heterocycles. The molecule has 3 heteroatoms. The maximum absolute atomic E-state index is 10.6. The first-order valence-electron chi connectivity index (χ1n) is 7.20. The zero-order chi connectivity index (χ0) is 13.9. The molecule has 3 rings (SSSR count). The lowest BCUT2D eigenvalue weighted by Crippen LogP contribution is -2.21. The molecule has 2 atom stereocenters. The number of aliphatic hydroxyl groups excluding tert-OH is 1. The van der Waals surface area contributed by atoms with Crippen LogP contribution < -0.4 is 5.73 Å². The topological polar surface area (TPSA) is 59.1 Å². The van der Waals surface area contributed by atoms with Gasteiger partial charge in [0.05, 0.1) is 6.10 Å². The minimum Gasteiger partial charge on any atom is -0.388 e. The number of aryl methyl sites for hydroxylation is 2. The van der Waals surface area contributed by atoms with E-state index in [0.29, 0.717) is 6.54 Å². The van der Waals surface area contributed by atoms with E-state index in [1.165, 1.54) is 17.5 Å². The summed E-state index contributed by atoms with van der Waals surface area (Å²) < 4.78 is 0. The number of nitrogens with zero attached hydrogens (tertiary/aromatic N) is 1. The van der Waals surface area contributed by atoms with E-state index in [9.17, 15) is 5.11 Å². The number of aromatic nitrogens is 1. The third-order valence-electron chi connectivity index (χ3n) is 4.17. The molecule has 20 heavy (non-hydrogen) atoms. The summed E-state index contributed by atoms with van der Waals surface area (Å²) in [7, 11) is 0. The van der Waals surface area contributed by atoms with Gasteiger partial charge in [0.1, 0.15) is 0 Å². The number of fused-ring (bicyclic) bond motifs is 1. The number of pyridine rings is 1. The standard InChI is InChI=1S/C17H20N2O/c18-11-15(16-6-1-2-9-19-16)17(20)14-8-7-12-4-3-5-13(12)10-14/h1-2,6-10,15,17,20H,3-5,11,18H2. The molecule has 3 N–H and O–H groups in total. The van der Waals surface area contributed by atoms with E-state index in [-0.39, 0.29) is 5.92 Å². The lowest BCUT2D eigenvalue weighted by molar-refractivity contribution is 0.145. The number of nitrogens with two attached hydrogens (primary N) is 1. The number of aliphatic hydroxyl groups is 1. The smallest absolute Gasteiger partial charge is 0.0885 e. The van der Waals surface area contributed by atoms with Crippen LogP contribution in [0.2, 0.25) is 0 Å². The summed E-state index contributed by atoms with van der Waals surface area (Å²) >= 11 is 0. The van der Waals surface area contributed by atoms with Crippen LogP contribution in [-0.4, -0.2) is 16.6 Å². The van der Waals surface area contributed by atoms with Crippen molar-refractivity contribution in [2.24, 2.45) is 5.73 Å². The van der Waals surface area contributed by atoms with Crippen molar-refractivity contribution < 1.29 is 5.11 Å². The molecule has 3 nitrogen and oxygen atoms in total. The Morgan fingerprint density at radius 1 is 1.15 bits per heavy atom. The third-order valence-corrected chi connectivity index (χ3v) is 4.17. The lowest BCUT2D eigenvalue weighted by Gasteiger charge is -2.22. The SMILES string of the molecule is NCC(c1ccccn1)C(O)c1ccc2c(c1)CCC2. The van der Waals surface area contributed by atoms with Crippen molar-refractivity contribution in [1.29, 1.82) is 0 Å². The van der Waals surface area contributed by atoms with Gasteiger partial charge in [-0.2, -0.15) is 0 Å². The zero-order valence-electron chi connectivity index (χ0n) is 11.5. The molecule has 104 valence electrons. The Bertz CT molecular complexity index is 583. The summed E-state index contributed by atoms with van der Waals surface area (Å²) in [6.07, 6.45) is 4.64. The number of hydrogen-bond donors (Lipinski definition) is 2. The van der Waals surface area contributed by atoms with Crippen molar-refractivity contribution >= 4 is 0 Å². The molecular weight excluding hydrogens is 248 g/mol. The average Bonchev–Trinajstić information content (AvgIpc) is 2.96. The predicted octanol–water partition coefficient (Wildman–Crippen LogP) is 2.35. The molecule has 0 fully saturated rings. The molecule has 1 aliphatic rings. The van der Waals surface area contributed by atoms with E-state index in [4.69, 9.17) is 5.73 Å². The molecule has 0 bridgehead atoms. The Labute approximate surface area is 119 Å². The summed E-state index contributed by atoms with van der Waals surface area (Å²) in [5.41, 5.74) is 10.4. The van der Waals surface area contributed by atoms with E-state index in [2.05, 4.69) is 17.1 Å². The predicted molar refractivity (Wildman–Crippen MR) is 79.5 cm³/mol. The van der Waals surface area contributed by atoms with E-state index in [1.54, 1.807) is 6.20 Å². The molecular formula is C17H20N2O. The molecule has 1 aromatic carbocycles. The van der Waals surface area contributed by atoms with Gasteiger partial charge in [-0.25, -0.2) is 0 Å². The summed E-state index contributed by atoms with van der Waals surface area (Å²) in [5, 5.41) is 10.6. The minimum atomic E-state index is -0.596. The van der Waals surface area contributed by atoms with Crippen molar-refractivity contribution in [2.45, 2.75) is 31.3 Å². The zero-order valence-corrected chi connectivity index (χ0v) is 11.5. The van der Waals surface area contributed by atoms with E-state index >= 15 is 0 Å². The fourth-order valence-corrected chi connectivity index (χ4v) is 3.01. The minimum absolute atomic E-state index is 0.157. The van der Waals surface area contributed by atoms with Crippen molar-refractivity contribution in [2.75, 3.05) is 6.54 Å². The van der Waals surface area contributed by atoms with Crippen molar-refractivity contribution in [3.05, 3.63) is 65.0 Å². The number of rotatable bonds is 4. The van der Waals surface area contributed by atoms with E-state index < -0.39 is 6.10 Å². The van der Waals surface area contributed by atoms with Gasteiger partial charge >= 0.3 is 0 Å². The summed E-state index contributed by atoms with van der Waals surface area (Å²) in [6, 6.07) is 12.0. The van der Waals surface area contributed by atoms with Crippen LogP contribution in [0.3, 0.4) is 0 Å². The van der Waals surface area contributed by atoms with Gasteiger partial charge in [-0.1, -0.05) is 24.3 Å². The molecule has 0 saturated carbocycles. The Morgan fingerprint density at radius 3 is 2.75 bits per heavy atom. The normalized spacial score (nSPS) is 16.7. The Hall–Kier alpha value is -1.71.